The van der Waals surface area contributed by atoms with Gasteiger partial charge in [0.15, 0.2) is 17.1 Å². The molecule has 0 aliphatic rings. The van der Waals surface area contributed by atoms with Crippen molar-refractivity contribution in [2.45, 2.75) is 19.8 Å². The standard InChI is InChI=1S/C26H28N4O2/c1-5-9-21-18(2)29-26-22(20-10-7-6-8-11-20)17-28-30(26)25(21)27-15-14-19-12-13-23(31-3)24(16-19)32-4/h5-8,10-13,16-17,27H,1,9,14-15H2,2-4H3. The molecule has 4 rings (SSSR count). The van der Waals surface area contributed by atoms with Crippen molar-refractivity contribution in [1.29, 1.82) is 0 Å². The molecular formula is C26H28N4O2. The third kappa shape index (κ3) is 4.17. The zero-order valence-electron chi connectivity index (χ0n) is 18.8. The van der Waals surface area contributed by atoms with Crippen LogP contribution in [0.2, 0.25) is 0 Å². The molecule has 0 radical (unpaired) electrons. The molecule has 32 heavy (non-hydrogen) atoms. The lowest BCUT2D eigenvalue weighted by Gasteiger charge is -2.16. The number of ether oxygens (including phenoxy) is 2. The lowest BCUT2D eigenvalue weighted by Crippen LogP contribution is -2.14. The number of aromatic nitrogens is 3. The summed E-state index contributed by atoms with van der Waals surface area (Å²) < 4.78 is 12.7. The monoisotopic (exact) mass is 428 g/mol. The summed E-state index contributed by atoms with van der Waals surface area (Å²) in [5, 5.41) is 8.28. The van der Waals surface area contributed by atoms with Gasteiger partial charge in [-0.2, -0.15) is 9.61 Å². The second-order valence-electron chi connectivity index (χ2n) is 7.54. The number of benzene rings is 2. The molecule has 0 aliphatic carbocycles. The number of hydrogen-bond donors (Lipinski definition) is 1. The fourth-order valence-electron chi connectivity index (χ4n) is 3.89. The molecule has 0 spiro atoms. The molecule has 6 nitrogen and oxygen atoms in total. The maximum atomic E-state index is 5.43. The van der Waals surface area contributed by atoms with E-state index in [0.29, 0.717) is 6.42 Å². The number of nitrogens with one attached hydrogen (secondary N) is 1. The van der Waals surface area contributed by atoms with Gasteiger partial charge in [-0.05, 0) is 43.0 Å². The smallest absolute Gasteiger partial charge is 0.165 e. The van der Waals surface area contributed by atoms with E-state index in [4.69, 9.17) is 14.5 Å². The van der Waals surface area contributed by atoms with Gasteiger partial charge < -0.3 is 14.8 Å². The SMILES string of the molecule is C=CCc1c(C)nc2c(-c3ccccc3)cnn2c1NCCc1ccc(OC)c(OC)c1. The lowest BCUT2D eigenvalue weighted by atomic mass is 10.1. The minimum absolute atomic E-state index is 0.716. The Labute approximate surface area is 188 Å². The van der Waals surface area contributed by atoms with Gasteiger partial charge in [-0.3, -0.25) is 0 Å². The normalized spacial score (nSPS) is 10.8. The zero-order valence-corrected chi connectivity index (χ0v) is 18.8. The fourth-order valence-corrected chi connectivity index (χ4v) is 3.89. The number of rotatable bonds is 9. The third-order valence-electron chi connectivity index (χ3n) is 5.54. The van der Waals surface area contributed by atoms with Gasteiger partial charge in [0.2, 0.25) is 0 Å². The van der Waals surface area contributed by atoms with Gasteiger partial charge in [0, 0.05) is 23.4 Å². The van der Waals surface area contributed by atoms with Crippen molar-refractivity contribution in [3.05, 3.63) is 84.2 Å². The Hall–Kier alpha value is -3.80. The quantitative estimate of drug-likeness (QED) is 0.376. The van der Waals surface area contributed by atoms with Crippen LogP contribution in [0.25, 0.3) is 16.8 Å². The van der Waals surface area contributed by atoms with E-state index >= 15 is 0 Å². The Balaban J connectivity index is 1.65. The summed E-state index contributed by atoms with van der Waals surface area (Å²) in [5.41, 5.74) is 6.19. The largest absolute Gasteiger partial charge is 0.493 e. The first kappa shape index (κ1) is 21.4. The highest BCUT2D eigenvalue weighted by molar-refractivity contribution is 5.78. The van der Waals surface area contributed by atoms with Gasteiger partial charge in [0.25, 0.3) is 0 Å². The third-order valence-corrected chi connectivity index (χ3v) is 5.54. The Bertz CT molecular complexity index is 1230. The fraction of sp³-hybridized carbons (Fsp3) is 0.231. The second-order valence-corrected chi connectivity index (χ2v) is 7.54. The highest BCUT2D eigenvalue weighted by atomic mass is 16.5. The highest BCUT2D eigenvalue weighted by Crippen LogP contribution is 2.30. The molecule has 0 saturated carbocycles. The van der Waals surface area contributed by atoms with Crippen LogP contribution in [-0.2, 0) is 12.8 Å². The molecule has 164 valence electrons. The van der Waals surface area contributed by atoms with Crippen molar-refractivity contribution in [3.8, 4) is 22.6 Å². The maximum absolute atomic E-state index is 5.43. The van der Waals surface area contributed by atoms with E-state index in [-0.39, 0.29) is 0 Å². The summed E-state index contributed by atoms with van der Waals surface area (Å²) >= 11 is 0. The van der Waals surface area contributed by atoms with Crippen LogP contribution >= 0.6 is 0 Å². The van der Waals surface area contributed by atoms with Crippen LogP contribution < -0.4 is 14.8 Å². The van der Waals surface area contributed by atoms with E-state index in [2.05, 4.69) is 35.2 Å². The van der Waals surface area contributed by atoms with Crippen LogP contribution in [0.4, 0.5) is 5.82 Å². The number of methoxy groups -OCH3 is 2. The predicted octanol–water partition coefficient (Wildman–Crippen LogP) is 5.11. The summed E-state index contributed by atoms with van der Waals surface area (Å²) in [7, 11) is 3.30. The van der Waals surface area contributed by atoms with Crippen LogP contribution in [0.5, 0.6) is 11.5 Å². The molecule has 0 fully saturated rings. The Morgan fingerprint density at radius 2 is 1.84 bits per heavy atom. The van der Waals surface area contributed by atoms with E-state index < -0.39 is 0 Å². The van der Waals surface area contributed by atoms with Crippen molar-refractivity contribution in [1.82, 2.24) is 14.6 Å². The molecule has 0 unspecified atom stereocenters. The first-order valence-corrected chi connectivity index (χ1v) is 10.6. The summed E-state index contributed by atoms with van der Waals surface area (Å²) in [5.74, 6) is 2.42. The van der Waals surface area contributed by atoms with Gasteiger partial charge in [0.1, 0.15) is 5.82 Å². The van der Waals surface area contributed by atoms with Crippen molar-refractivity contribution in [2.75, 3.05) is 26.1 Å². The van der Waals surface area contributed by atoms with Gasteiger partial charge in [-0.15, -0.1) is 6.58 Å². The van der Waals surface area contributed by atoms with Gasteiger partial charge in [-0.25, -0.2) is 4.98 Å². The Kier molecular flexibility index (Phi) is 6.40. The summed E-state index contributed by atoms with van der Waals surface area (Å²) in [6.07, 6.45) is 5.32. The number of allylic oxidation sites excluding steroid dienone is 1. The van der Waals surface area contributed by atoms with Crippen molar-refractivity contribution < 1.29 is 9.47 Å². The molecule has 0 saturated heterocycles. The lowest BCUT2D eigenvalue weighted by molar-refractivity contribution is 0.354. The number of anilines is 1. The van der Waals surface area contributed by atoms with Gasteiger partial charge >= 0.3 is 0 Å². The predicted molar refractivity (Wildman–Crippen MR) is 129 cm³/mol. The van der Waals surface area contributed by atoms with E-state index in [9.17, 15) is 0 Å². The molecule has 6 heteroatoms. The number of hydrogen-bond acceptors (Lipinski definition) is 5. The van der Waals surface area contributed by atoms with Gasteiger partial charge in [-0.1, -0.05) is 42.5 Å². The number of aryl methyl sites for hydroxylation is 1. The minimum atomic E-state index is 0.716. The summed E-state index contributed by atoms with van der Waals surface area (Å²) in [4.78, 5) is 4.88. The van der Waals surface area contributed by atoms with E-state index in [1.165, 1.54) is 0 Å². The van der Waals surface area contributed by atoms with Crippen LogP contribution in [-0.4, -0.2) is 35.4 Å². The molecule has 0 bridgehead atoms. The molecule has 0 amide bonds. The summed E-state index contributed by atoms with van der Waals surface area (Å²) in [6.45, 7) is 6.70. The van der Waals surface area contributed by atoms with E-state index in [1.54, 1.807) is 14.2 Å². The second kappa shape index (κ2) is 9.56. The molecule has 1 N–H and O–H groups in total. The molecule has 2 heterocycles. The Morgan fingerprint density at radius 3 is 2.56 bits per heavy atom. The van der Waals surface area contributed by atoms with E-state index in [1.807, 2.05) is 54.0 Å². The average Bonchev–Trinajstić information content (AvgIpc) is 3.24. The molecular weight excluding hydrogens is 400 g/mol. The first-order chi connectivity index (χ1) is 15.7. The highest BCUT2D eigenvalue weighted by Gasteiger charge is 2.16. The molecule has 0 atom stereocenters. The molecule has 0 aliphatic heterocycles. The first-order valence-electron chi connectivity index (χ1n) is 10.6. The molecule has 2 aromatic carbocycles. The van der Waals surface area contributed by atoms with Gasteiger partial charge in [0.05, 0.1) is 20.4 Å². The molecule has 2 aromatic heterocycles. The van der Waals surface area contributed by atoms with E-state index in [0.717, 1.165) is 63.9 Å². The maximum Gasteiger partial charge on any atom is 0.165 e. The minimum Gasteiger partial charge on any atom is -0.493 e. The molecule has 4 aromatic rings. The van der Waals surface area contributed by atoms with Crippen molar-refractivity contribution in [2.24, 2.45) is 0 Å². The topological polar surface area (TPSA) is 60.7 Å². The number of nitrogens with zero attached hydrogens (tertiary/aromatic N) is 3. The van der Waals surface area contributed by atoms with Crippen LogP contribution in [0, 0.1) is 6.92 Å². The van der Waals surface area contributed by atoms with Crippen LogP contribution in [0.1, 0.15) is 16.8 Å². The van der Waals surface area contributed by atoms with Crippen molar-refractivity contribution >= 4 is 11.5 Å². The van der Waals surface area contributed by atoms with Crippen molar-refractivity contribution in [3.63, 3.8) is 0 Å². The average molecular weight is 429 g/mol. The number of fused-ring (bicyclic) bond motifs is 1. The zero-order chi connectivity index (χ0) is 22.5. The van der Waals surface area contributed by atoms with Crippen LogP contribution in [0.15, 0.2) is 67.4 Å². The Morgan fingerprint density at radius 1 is 1.06 bits per heavy atom. The summed E-state index contributed by atoms with van der Waals surface area (Å²) in [6, 6.07) is 16.2. The van der Waals surface area contributed by atoms with Crippen LogP contribution in [0.3, 0.4) is 0 Å².